The van der Waals surface area contributed by atoms with Gasteiger partial charge in [0, 0.05) is 12.8 Å². The number of aliphatic carboxylic acids is 1. The molecular formula is C90H165NO8. The summed E-state index contributed by atoms with van der Waals surface area (Å²) in [5.74, 6) is -2.25. The number of ether oxygens (including phenoxy) is 4. The van der Waals surface area contributed by atoms with Crippen molar-refractivity contribution in [3.8, 4) is 0 Å². The number of likely N-dealkylation sites (N-methyl/N-ethyl adjacent to an activating group) is 1. The summed E-state index contributed by atoms with van der Waals surface area (Å²) in [5.41, 5.74) is 0. The SMILES string of the molecule is CC/C=C\C/C=C\C/C=C\C/C=C\CCCCCCCCCCCCCCCCCCCCCCCCCCC(=O)OC(COC(=O)CCCCCCCCCCCCCCCCCCCCCCCCCCC/C=C\C/C=C\CCCCCCC)COC(OCC[N+](C)(C)C)C(=O)[O-]. The Bertz CT molecular complexity index is 1860. The molecule has 0 saturated carbocycles. The summed E-state index contributed by atoms with van der Waals surface area (Å²) in [6, 6.07) is 0. The lowest BCUT2D eigenvalue weighted by atomic mass is 10.0. The van der Waals surface area contributed by atoms with Gasteiger partial charge in [-0.15, -0.1) is 0 Å². The number of quaternary nitrogens is 1. The Morgan fingerprint density at radius 1 is 0.313 bits per heavy atom. The maximum absolute atomic E-state index is 13.0. The minimum atomic E-state index is -1.62. The molecule has 2 atom stereocenters. The molecule has 0 amide bonds. The molecule has 2 unspecified atom stereocenters. The molecule has 99 heavy (non-hydrogen) atoms. The molecule has 0 fully saturated rings. The first-order valence-electron chi connectivity index (χ1n) is 43.1. The van der Waals surface area contributed by atoms with Gasteiger partial charge in [-0.2, -0.15) is 0 Å². The van der Waals surface area contributed by atoms with Gasteiger partial charge in [0.15, 0.2) is 12.4 Å². The highest BCUT2D eigenvalue weighted by atomic mass is 16.7. The highest BCUT2D eigenvalue weighted by molar-refractivity contribution is 5.70. The minimum Gasteiger partial charge on any atom is -0.545 e. The number of rotatable bonds is 81. The number of carboxylic acid groups (broad SMARTS) is 1. The smallest absolute Gasteiger partial charge is 0.306 e. The molecule has 0 aliphatic carbocycles. The van der Waals surface area contributed by atoms with Crippen LogP contribution in [-0.4, -0.2) is 82.3 Å². The highest BCUT2D eigenvalue weighted by Crippen LogP contribution is 2.20. The van der Waals surface area contributed by atoms with Crippen molar-refractivity contribution >= 4 is 17.9 Å². The van der Waals surface area contributed by atoms with E-state index in [9.17, 15) is 19.5 Å². The number of carboxylic acids is 1. The summed E-state index contributed by atoms with van der Waals surface area (Å²) < 4.78 is 22.9. The lowest BCUT2D eigenvalue weighted by Gasteiger charge is -2.26. The van der Waals surface area contributed by atoms with Crippen LogP contribution >= 0.6 is 0 Å². The number of carbonyl (C=O) groups is 3. The third-order valence-electron chi connectivity index (χ3n) is 19.4. The number of hydrogen-bond acceptors (Lipinski definition) is 8. The van der Waals surface area contributed by atoms with Gasteiger partial charge in [0.2, 0.25) is 0 Å². The fourth-order valence-corrected chi connectivity index (χ4v) is 12.9. The number of nitrogens with zero attached hydrogens (tertiary/aromatic N) is 1. The summed E-state index contributed by atoms with van der Waals surface area (Å²) in [4.78, 5) is 37.7. The van der Waals surface area contributed by atoms with Crippen LogP contribution in [-0.2, 0) is 33.3 Å². The van der Waals surface area contributed by atoms with E-state index in [1.54, 1.807) is 0 Å². The standard InChI is InChI=1S/C90H165NO8/c1-6-8-10-12-14-16-18-20-22-24-26-28-30-32-34-36-38-40-42-44-46-48-50-52-54-56-58-60-62-64-66-68-70-72-74-76-78-80-87(92)97-84-86(85-98-90(89(94)95)96-83-82-91(3,4)5)99-88(93)81-79-77-75-73-71-69-67-65-63-61-59-57-55-53-51-49-47-45-43-41-39-37-35-33-31-29-27-25-23-21-19-17-15-13-11-9-7-2/h9,11,15,17-18,20-21,23-24,26-27,29,86,90H,6-8,10,12-14,16,19,22,25,28,30-85H2,1-5H3/b11-9-,17-15-,20-18-,23-21-,26-24-,29-27-. The van der Waals surface area contributed by atoms with Gasteiger partial charge < -0.3 is 33.3 Å². The molecule has 0 spiro atoms. The molecule has 0 aromatic carbocycles. The molecule has 0 rings (SSSR count). The summed E-state index contributed by atoms with van der Waals surface area (Å²) in [5, 5.41) is 11.9. The predicted molar refractivity (Wildman–Crippen MR) is 426 cm³/mol. The quantitative estimate of drug-likeness (QED) is 0.0195. The van der Waals surface area contributed by atoms with E-state index in [2.05, 4.69) is 86.8 Å². The Balaban J connectivity index is 3.92. The van der Waals surface area contributed by atoms with Crippen LogP contribution in [0, 0.1) is 0 Å². The monoisotopic (exact) mass is 1390 g/mol. The second-order valence-corrected chi connectivity index (χ2v) is 30.4. The first kappa shape index (κ1) is 95.7. The van der Waals surface area contributed by atoms with E-state index >= 15 is 0 Å². The maximum atomic E-state index is 13.0. The Morgan fingerprint density at radius 3 is 0.859 bits per heavy atom. The number of hydrogen-bond donors (Lipinski definition) is 0. The molecule has 0 aromatic heterocycles. The third kappa shape index (κ3) is 81.9. The average Bonchev–Trinajstić information content (AvgIpc) is 2.19. The van der Waals surface area contributed by atoms with Crippen LogP contribution in [0.25, 0.3) is 0 Å². The molecule has 578 valence electrons. The number of carbonyl (C=O) groups excluding carboxylic acids is 3. The first-order valence-corrected chi connectivity index (χ1v) is 43.1. The molecule has 0 aliphatic rings. The van der Waals surface area contributed by atoms with Crippen molar-refractivity contribution in [1.82, 2.24) is 0 Å². The Labute approximate surface area is 615 Å². The van der Waals surface area contributed by atoms with Gasteiger partial charge in [-0.25, -0.2) is 0 Å². The molecule has 0 radical (unpaired) electrons. The van der Waals surface area contributed by atoms with Crippen molar-refractivity contribution in [3.63, 3.8) is 0 Å². The van der Waals surface area contributed by atoms with E-state index < -0.39 is 24.3 Å². The minimum absolute atomic E-state index is 0.150. The molecule has 0 aromatic rings. The van der Waals surface area contributed by atoms with Crippen LogP contribution < -0.4 is 5.11 Å². The predicted octanol–water partition coefficient (Wildman–Crippen LogP) is 26.6. The van der Waals surface area contributed by atoms with Crippen LogP contribution in [0.15, 0.2) is 72.9 Å². The van der Waals surface area contributed by atoms with Crippen molar-refractivity contribution in [1.29, 1.82) is 0 Å². The Kier molecular flexibility index (Phi) is 77.8. The van der Waals surface area contributed by atoms with E-state index in [0.717, 1.165) is 70.6 Å². The van der Waals surface area contributed by atoms with Crippen LogP contribution in [0.5, 0.6) is 0 Å². The molecule has 0 N–H and O–H groups in total. The van der Waals surface area contributed by atoms with E-state index in [1.807, 2.05) is 21.1 Å². The third-order valence-corrected chi connectivity index (χ3v) is 19.4. The molecule has 0 saturated heterocycles. The second-order valence-electron chi connectivity index (χ2n) is 30.4. The van der Waals surface area contributed by atoms with Gasteiger partial charge in [-0.05, 0) is 83.5 Å². The summed E-state index contributed by atoms with van der Waals surface area (Å²) >= 11 is 0. The second kappa shape index (κ2) is 80.4. The van der Waals surface area contributed by atoms with Crippen molar-refractivity contribution in [2.75, 3.05) is 47.5 Å². The summed E-state index contributed by atoms with van der Waals surface area (Å²) in [6.45, 7) is 4.70. The largest absolute Gasteiger partial charge is 0.545 e. The fourth-order valence-electron chi connectivity index (χ4n) is 12.9. The summed E-state index contributed by atoms with van der Waals surface area (Å²) in [7, 11) is 5.95. The lowest BCUT2D eigenvalue weighted by molar-refractivity contribution is -0.870. The summed E-state index contributed by atoms with van der Waals surface area (Å²) in [6.07, 6.45) is 106. The van der Waals surface area contributed by atoms with Crippen LogP contribution in [0.4, 0.5) is 0 Å². The highest BCUT2D eigenvalue weighted by Gasteiger charge is 2.22. The van der Waals surface area contributed by atoms with Crippen molar-refractivity contribution in [3.05, 3.63) is 72.9 Å². The number of unbranched alkanes of at least 4 members (excludes halogenated alkanes) is 54. The molecule has 9 heteroatoms. The van der Waals surface area contributed by atoms with Gasteiger partial charge in [0.05, 0.1) is 40.3 Å². The van der Waals surface area contributed by atoms with Gasteiger partial charge >= 0.3 is 11.9 Å². The van der Waals surface area contributed by atoms with Gasteiger partial charge in [-0.1, -0.05) is 401 Å². The lowest BCUT2D eigenvalue weighted by Crippen LogP contribution is -2.44. The average molecular weight is 1390 g/mol. The Hall–Kier alpha value is -3.27. The van der Waals surface area contributed by atoms with E-state index in [0.29, 0.717) is 17.4 Å². The van der Waals surface area contributed by atoms with Crippen LogP contribution in [0.1, 0.15) is 425 Å². The van der Waals surface area contributed by atoms with Crippen molar-refractivity contribution in [2.24, 2.45) is 0 Å². The number of esters is 2. The Morgan fingerprint density at radius 2 is 0.576 bits per heavy atom. The van der Waals surface area contributed by atoms with E-state index in [4.69, 9.17) is 18.9 Å². The topological polar surface area (TPSA) is 111 Å². The molecule has 0 bridgehead atoms. The van der Waals surface area contributed by atoms with Gasteiger partial charge in [-0.3, -0.25) is 9.59 Å². The maximum Gasteiger partial charge on any atom is 0.306 e. The molecule has 0 heterocycles. The van der Waals surface area contributed by atoms with Crippen LogP contribution in [0.2, 0.25) is 0 Å². The van der Waals surface area contributed by atoms with Gasteiger partial charge in [0.1, 0.15) is 13.2 Å². The molecule has 9 nitrogen and oxygen atoms in total. The molecular weight excluding hydrogens is 1220 g/mol. The van der Waals surface area contributed by atoms with Crippen molar-refractivity contribution < 1.29 is 42.9 Å². The molecule has 0 aliphatic heterocycles. The van der Waals surface area contributed by atoms with E-state index in [-0.39, 0.29) is 32.2 Å². The first-order chi connectivity index (χ1) is 48.6. The fraction of sp³-hybridized carbons (Fsp3) is 0.833. The normalized spacial score (nSPS) is 12.9. The number of allylic oxidation sites excluding steroid dienone is 12. The van der Waals surface area contributed by atoms with Gasteiger partial charge in [0.25, 0.3) is 0 Å². The van der Waals surface area contributed by atoms with Crippen LogP contribution in [0.3, 0.4) is 0 Å². The zero-order valence-electron chi connectivity index (χ0n) is 66.4. The van der Waals surface area contributed by atoms with E-state index in [1.165, 1.54) is 327 Å². The zero-order valence-corrected chi connectivity index (χ0v) is 66.4. The zero-order chi connectivity index (χ0) is 71.8. The van der Waals surface area contributed by atoms with Crippen molar-refractivity contribution in [2.45, 2.75) is 437 Å².